The molecule has 1 heterocycles. The van der Waals surface area contributed by atoms with Crippen molar-refractivity contribution in [3.05, 3.63) is 44.6 Å². The lowest BCUT2D eigenvalue weighted by Crippen LogP contribution is -2.06. The monoisotopic (exact) mass is 356 g/mol. The van der Waals surface area contributed by atoms with Crippen molar-refractivity contribution in [2.24, 2.45) is 7.05 Å². The maximum atomic E-state index is 11.6. The Morgan fingerprint density at radius 2 is 2.20 bits per heavy atom. The fourth-order valence-electron chi connectivity index (χ4n) is 1.89. The number of aryl methyl sites for hydroxylation is 2. The van der Waals surface area contributed by atoms with Gasteiger partial charge in [-0.05, 0) is 32.0 Å². The Bertz CT molecular complexity index is 667. The third-order valence-electron chi connectivity index (χ3n) is 2.95. The summed E-state index contributed by atoms with van der Waals surface area (Å²) in [7, 11) is 1.81. The summed E-state index contributed by atoms with van der Waals surface area (Å²) < 4.78 is 8.25. The zero-order valence-corrected chi connectivity index (χ0v) is 13.7. The molecule has 0 fully saturated rings. The molecule has 2 aromatic rings. The van der Waals surface area contributed by atoms with Crippen LogP contribution < -0.4 is 4.74 Å². The first-order valence-electron chi connectivity index (χ1n) is 6.01. The first kappa shape index (κ1) is 15.1. The number of Topliss-reactive ketones (excluding diaryl/α,β-unsaturated/α-hetero) is 1. The third-order valence-corrected chi connectivity index (χ3v) is 3.93. The molecule has 0 aliphatic heterocycles. The molecule has 0 unspecified atom stereocenters. The number of halogens is 2. The number of carbonyl (C=O) groups excluding carboxylic acids is 1. The number of carbonyl (C=O) groups is 1. The highest BCUT2D eigenvalue weighted by molar-refractivity contribution is 9.10. The van der Waals surface area contributed by atoms with E-state index in [0.717, 1.165) is 15.9 Å². The molecule has 0 radical (unpaired) electrons. The summed E-state index contributed by atoms with van der Waals surface area (Å²) in [5, 5.41) is 4.82. The molecule has 4 nitrogen and oxygen atoms in total. The highest BCUT2D eigenvalue weighted by atomic mass is 79.9. The molecule has 6 heteroatoms. The van der Waals surface area contributed by atoms with Gasteiger partial charge in [0.2, 0.25) is 0 Å². The number of hydrogen-bond donors (Lipinski definition) is 0. The van der Waals surface area contributed by atoms with E-state index >= 15 is 0 Å². The van der Waals surface area contributed by atoms with Crippen LogP contribution in [0, 0.1) is 6.92 Å². The molecular weight excluding hydrogens is 344 g/mol. The van der Waals surface area contributed by atoms with Gasteiger partial charge in [-0.1, -0.05) is 27.5 Å². The lowest BCUT2D eigenvalue weighted by Gasteiger charge is -2.10. The Labute approximate surface area is 130 Å². The van der Waals surface area contributed by atoms with E-state index in [9.17, 15) is 4.79 Å². The van der Waals surface area contributed by atoms with E-state index in [-0.39, 0.29) is 12.4 Å². The molecule has 0 saturated heterocycles. The summed E-state index contributed by atoms with van der Waals surface area (Å²) in [6.45, 7) is 3.61. The number of ether oxygens (including phenoxy) is 1. The van der Waals surface area contributed by atoms with Gasteiger partial charge in [0.1, 0.15) is 12.4 Å². The number of hydrogen-bond acceptors (Lipinski definition) is 3. The Balaban J connectivity index is 2.25. The summed E-state index contributed by atoms with van der Waals surface area (Å²) >= 11 is 9.51. The van der Waals surface area contributed by atoms with Gasteiger partial charge < -0.3 is 4.74 Å². The van der Waals surface area contributed by atoms with Crippen LogP contribution in [0.15, 0.2) is 22.7 Å². The van der Waals surface area contributed by atoms with E-state index in [1.807, 2.05) is 20.0 Å². The molecule has 0 aliphatic rings. The van der Waals surface area contributed by atoms with Gasteiger partial charge >= 0.3 is 0 Å². The molecule has 1 aromatic heterocycles. The molecular formula is C14H14BrClN2O2. The van der Waals surface area contributed by atoms with Crippen LogP contribution in [-0.4, -0.2) is 15.6 Å². The lowest BCUT2D eigenvalue weighted by molar-refractivity contribution is 0.101. The predicted octanol–water partition coefficient (Wildman–Crippen LogP) is 3.93. The largest absolute Gasteiger partial charge is 0.486 e. The van der Waals surface area contributed by atoms with Crippen molar-refractivity contribution in [3.8, 4) is 5.75 Å². The van der Waals surface area contributed by atoms with Crippen molar-refractivity contribution in [2.45, 2.75) is 20.5 Å². The number of nitrogens with zero attached hydrogens (tertiary/aromatic N) is 2. The Morgan fingerprint density at radius 3 is 2.75 bits per heavy atom. The van der Waals surface area contributed by atoms with Crippen molar-refractivity contribution in [2.75, 3.05) is 0 Å². The fraction of sp³-hybridized carbons (Fsp3) is 0.286. The molecule has 0 amide bonds. The number of benzene rings is 1. The topological polar surface area (TPSA) is 44.1 Å². The van der Waals surface area contributed by atoms with Gasteiger partial charge in [0.25, 0.3) is 0 Å². The van der Waals surface area contributed by atoms with Crippen LogP contribution in [0.5, 0.6) is 5.75 Å². The molecule has 0 N–H and O–H groups in total. The molecule has 0 atom stereocenters. The van der Waals surface area contributed by atoms with Crippen LogP contribution >= 0.6 is 27.5 Å². The molecule has 1 aromatic carbocycles. The molecule has 20 heavy (non-hydrogen) atoms. The average molecular weight is 358 g/mol. The minimum atomic E-state index is -0.0476. The van der Waals surface area contributed by atoms with E-state index in [4.69, 9.17) is 16.3 Å². The van der Waals surface area contributed by atoms with Crippen LogP contribution in [0.25, 0.3) is 0 Å². The van der Waals surface area contributed by atoms with Gasteiger partial charge in [0, 0.05) is 11.5 Å². The molecule has 0 aliphatic carbocycles. The van der Waals surface area contributed by atoms with Crippen LogP contribution in [-0.2, 0) is 13.7 Å². The number of ketones is 1. The summed E-state index contributed by atoms with van der Waals surface area (Å²) in [6.07, 6.45) is 0. The van der Waals surface area contributed by atoms with Crippen LogP contribution in [0.1, 0.15) is 28.7 Å². The summed E-state index contributed by atoms with van der Waals surface area (Å²) in [6, 6.07) is 5.34. The zero-order chi connectivity index (χ0) is 14.9. The second kappa shape index (κ2) is 5.97. The van der Waals surface area contributed by atoms with E-state index < -0.39 is 0 Å². The maximum absolute atomic E-state index is 11.6. The number of aromatic nitrogens is 2. The van der Waals surface area contributed by atoms with Gasteiger partial charge in [-0.15, -0.1) is 0 Å². The second-order valence-corrected chi connectivity index (χ2v) is 5.75. The molecule has 106 valence electrons. The molecule has 0 bridgehead atoms. The van der Waals surface area contributed by atoms with Gasteiger partial charge in [-0.2, -0.15) is 5.10 Å². The van der Waals surface area contributed by atoms with Crippen LogP contribution in [0.4, 0.5) is 0 Å². The fourth-order valence-corrected chi connectivity index (χ4v) is 2.46. The first-order valence-corrected chi connectivity index (χ1v) is 7.18. The minimum Gasteiger partial charge on any atom is -0.486 e. The quantitative estimate of drug-likeness (QED) is 0.779. The maximum Gasteiger partial charge on any atom is 0.163 e. The van der Waals surface area contributed by atoms with Crippen LogP contribution in [0.3, 0.4) is 0 Å². The SMILES string of the molecule is CC(=O)c1cc(Br)ccc1OCc1c(Cl)c(C)nn1C. The highest BCUT2D eigenvalue weighted by Gasteiger charge is 2.14. The normalized spacial score (nSPS) is 10.7. The van der Waals surface area contributed by atoms with Crippen molar-refractivity contribution in [3.63, 3.8) is 0 Å². The lowest BCUT2D eigenvalue weighted by atomic mass is 10.1. The minimum absolute atomic E-state index is 0.0476. The summed E-state index contributed by atoms with van der Waals surface area (Å²) in [4.78, 5) is 11.6. The van der Waals surface area contributed by atoms with E-state index in [2.05, 4.69) is 21.0 Å². The number of rotatable bonds is 4. The van der Waals surface area contributed by atoms with Gasteiger partial charge in [-0.25, -0.2) is 0 Å². The average Bonchev–Trinajstić information content (AvgIpc) is 2.62. The molecule has 0 saturated carbocycles. The second-order valence-electron chi connectivity index (χ2n) is 4.46. The third kappa shape index (κ3) is 3.04. The first-order chi connectivity index (χ1) is 9.40. The van der Waals surface area contributed by atoms with Crippen molar-refractivity contribution < 1.29 is 9.53 Å². The molecule has 2 rings (SSSR count). The van der Waals surface area contributed by atoms with Crippen molar-refractivity contribution in [1.29, 1.82) is 0 Å². The Hall–Kier alpha value is -1.33. The van der Waals surface area contributed by atoms with Crippen molar-refractivity contribution in [1.82, 2.24) is 9.78 Å². The summed E-state index contributed by atoms with van der Waals surface area (Å²) in [5.41, 5.74) is 2.08. The smallest absolute Gasteiger partial charge is 0.163 e. The Kier molecular flexibility index (Phi) is 4.50. The Morgan fingerprint density at radius 1 is 1.50 bits per heavy atom. The van der Waals surface area contributed by atoms with E-state index in [0.29, 0.717) is 16.3 Å². The van der Waals surface area contributed by atoms with E-state index in [1.165, 1.54) is 6.92 Å². The van der Waals surface area contributed by atoms with Gasteiger partial charge in [-0.3, -0.25) is 9.48 Å². The zero-order valence-electron chi connectivity index (χ0n) is 11.4. The van der Waals surface area contributed by atoms with Gasteiger partial charge in [0.15, 0.2) is 5.78 Å². The molecule has 0 spiro atoms. The van der Waals surface area contributed by atoms with Gasteiger partial charge in [0.05, 0.1) is 22.0 Å². The van der Waals surface area contributed by atoms with Crippen LogP contribution in [0.2, 0.25) is 5.02 Å². The highest BCUT2D eigenvalue weighted by Crippen LogP contribution is 2.26. The van der Waals surface area contributed by atoms with Crippen molar-refractivity contribution >= 4 is 33.3 Å². The summed E-state index contributed by atoms with van der Waals surface area (Å²) in [5.74, 6) is 0.490. The van der Waals surface area contributed by atoms with E-state index in [1.54, 1.807) is 16.8 Å². The standard InChI is InChI=1S/C14H14BrClN2O2/c1-8-14(16)12(18(3)17-8)7-20-13-5-4-10(15)6-11(13)9(2)19/h4-6H,7H2,1-3H3. The predicted molar refractivity (Wildman–Crippen MR) is 81.4 cm³/mol.